The number of carbonyl (C=O) groups is 1. The fourth-order valence-electron chi connectivity index (χ4n) is 2.56. The lowest BCUT2D eigenvalue weighted by Gasteiger charge is -2.16. The van der Waals surface area contributed by atoms with E-state index in [1.807, 2.05) is 6.07 Å². The molecule has 0 fully saturated rings. The minimum absolute atomic E-state index is 0.265. The maximum Gasteiger partial charge on any atom is 0.312 e. The highest BCUT2D eigenvalue weighted by Crippen LogP contribution is 2.36. The summed E-state index contributed by atoms with van der Waals surface area (Å²) in [4.78, 5) is 16.7. The highest BCUT2D eigenvalue weighted by Gasteiger charge is 2.29. The van der Waals surface area contributed by atoms with Gasteiger partial charge in [-0.3, -0.25) is 4.79 Å². The Balaban J connectivity index is 1.74. The lowest BCUT2D eigenvalue weighted by molar-refractivity contribution is -0.139. The smallest absolute Gasteiger partial charge is 0.312 e. The third kappa shape index (κ3) is 3.05. The third-order valence-corrected chi connectivity index (χ3v) is 4.67. The number of fused-ring (bicyclic) bond motifs is 1. The fourth-order valence-corrected chi connectivity index (χ4v) is 3.62. The second-order valence-corrected chi connectivity index (χ2v) is 6.18. The zero-order valence-electron chi connectivity index (χ0n) is 11.3. The Hall–Kier alpha value is -1.95. The molecule has 0 radical (unpaired) electrons. The number of hydrogen-bond donors (Lipinski definition) is 2. The van der Waals surface area contributed by atoms with Crippen molar-refractivity contribution in [2.24, 2.45) is 0 Å². The second-order valence-electron chi connectivity index (χ2n) is 5.09. The lowest BCUT2D eigenvalue weighted by Crippen LogP contribution is -2.17. The molecular weight excluding hydrogens is 291 g/mol. The monoisotopic (exact) mass is 306 g/mol. The van der Waals surface area contributed by atoms with Gasteiger partial charge in [0, 0.05) is 11.4 Å². The van der Waals surface area contributed by atoms with Gasteiger partial charge in [0.2, 0.25) is 0 Å². The first kappa shape index (κ1) is 14.0. The average Bonchev–Trinajstić information content (AvgIpc) is 2.87. The van der Waals surface area contributed by atoms with Crippen molar-refractivity contribution in [3.05, 3.63) is 46.2 Å². The van der Waals surface area contributed by atoms with Crippen molar-refractivity contribution in [3.63, 3.8) is 0 Å². The van der Waals surface area contributed by atoms with Crippen LogP contribution >= 0.6 is 11.3 Å². The van der Waals surface area contributed by atoms with Gasteiger partial charge in [-0.1, -0.05) is 12.1 Å². The molecule has 1 aliphatic rings. The SMILES string of the molecule is O=C(O)C1CCCc2sc(NCc3cccc(F)c3)nc21. The molecule has 1 atom stereocenters. The normalized spacial score (nSPS) is 17.3. The van der Waals surface area contributed by atoms with Gasteiger partial charge >= 0.3 is 5.97 Å². The van der Waals surface area contributed by atoms with Crippen LogP contribution in [-0.2, 0) is 17.8 Å². The number of hydrogen-bond acceptors (Lipinski definition) is 4. The van der Waals surface area contributed by atoms with Crippen molar-refractivity contribution in [1.82, 2.24) is 4.98 Å². The summed E-state index contributed by atoms with van der Waals surface area (Å²) in [7, 11) is 0. The van der Waals surface area contributed by atoms with E-state index in [2.05, 4.69) is 10.3 Å². The predicted octanol–water partition coefficient (Wildman–Crippen LogP) is 3.40. The van der Waals surface area contributed by atoms with Gasteiger partial charge in [-0.15, -0.1) is 11.3 Å². The van der Waals surface area contributed by atoms with E-state index < -0.39 is 11.9 Å². The Bertz CT molecular complexity index is 671. The van der Waals surface area contributed by atoms with Gasteiger partial charge in [0.25, 0.3) is 0 Å². The summed E-state index contributed by atoms with van der Waals surface area (Å²) >= 11 is 1.50. The van der Waals surface area contributed by atoms with Crippen molar-refractivity contribution in [3.8, 4) is 0 Å². The van der Waals surface area contributed by atoms with E-state index in [1.165, 1.54) is 23.5 Å². The third-order valence-electron chi connectivity index (χ3n) is 3.59. The van der Waals surface area contributed by atoms with Crippen LogP contribution in [0.25, 0.3) is 0 Å². The number of carboxylic acids is 1. The largest absolute Gasteiger partial charge is 0.481 e. The van der Waals surface area contributed by atoms with E-state index >= 15 is 0 Å². The quantitative estimate of drug-likeness (QED) is 0.909. The molecule has 1 aromatic carbocycles. The first-order valence-electron chi connectivity index (χ1n) is 6.84. The van der Waals surface area contributed by atoms with E-state index in [1.54, 1.807) is 6.07 Å². The van der Waals surface area contributed by atoms with E-state index in [4.69, 9.17) is 0 Å². The number of thiazole rings is 1. The standard InChI is InChI=1S/C15H15FN2O2S/c16-10-4-1-3-9(7-10)8-17-15-18-13-11(14(19)20)5-2-6-12(13)21-15/h1,3-4,7,11H,2,5-6,8H2,(H,17,18)(H,19,20). The molecule has 0 saturated heterocycles. The van der Waals surface area contributed by atoms with Gasteiger partial charge in [0.15, 0.2) is 5.13 Å². The Kier molecular flexibility index (Phi) is 3.88. The van der Waals surface area contributed by atoms with E-state index in [-0.39, 0.29) is 5.82 Å². The summed E-state index contributed by atoms with van der Waals surface area (Å²) in [5, 5.41) is 13.1. The Morgan fingerprint density at radius 2 is 2.38 bits per heavy atom. The summed E-state index contributed by atoms with van der Waals surface area (Å²) in [5.41, 5.74) is 1.53. The van der Waals surface area contributed by atoms with Crippen molar-refractivity contribution in [2.75, 3.05) is 5.32 Å². The molecule has 1 aromatic heterocycles. The Morgan fingerprint density at radius 1 is 1.52 bits per heavy atom. The number of rotatable bonds is 4. The number of benzene rings is 1. The van der Waals surface area contributed by atoms with Crippen LogP contribution in [0.2, 0.25) is 0 Å². The van der Waals surface area contributed by atoms with Crippen LogP contribution in [0.4, 0.5) is 9.52 Å². The van der Waals surface area contributed by atoms with Gasteiger partial charge in [-0.25, -0.2) is 9.37 Å². The van der Waals surface area contributed by atoms with Crippen molar-refractivity contribution in [2.45, 2.75) is 31.7 Å². The number of aromatic nitrogens is 1. The van der Waals surface area contributed by atoms with Crippen LogP contribution in [-0.4, -0.2) is 16.1 Å². The minimum atomic E-state index is -0.807. The maximum atomic E-state index is 13.1. The zero-order valence-corrected chi connectivity index (χ0v) is 12.1. The Labute approximate surface area is 125 Å². The molecule has 0 spiro atoms. The summed E-state index contributed by atoms with van der Waals surface area (Å²) in [6, 6.07) is 6.38. The summed E-state index contributed by atoms with van der Waals surface area (Å²) in [5.74, 6) is -1.56. The topological polar surface area (TPSA) is 62.2 Å². The van der Waals surface area contributed by atoms with E-state index in [0.717, 1.165) is 23.3 Å². The van der Waals surface area contributed by atoms with Crippen LogP contribution in [0.3, 0.4) is 0 Å². The van der Waals surface area contributed by atoms with Crippen molar-refractivity contribution < 1.29 is 14.3 Å². The number of halogens is 1. The minimum Gasteiger partial charge on any atom is -0.481 e. The summed E-state index contributed by atoms with van der Waals surface area (Å²) in [6.45, 7) is 0.474. The first-order valence-corrected chi connectivity index (χ1v) is 7.66. The molecule has 2 N–H and O–H groups in total. The van der Waals surface area contributed by atoms with E-state index in [0.29, 0.717) is 23.8 Å². The van der Waals surface area contributed by atoms with Gasteiger partial charge in [0.1, 0.15) is 11.7 Å². The number of aryl methyl sites for hydroxylation is 1. The average molecular weight is 306 g/mol. The van der Waals surface area contributed by atoms with Crippen LogP contribution in [0.1, 0.15) is 34.9 Å². The van der Waals surface area contributed by atoms with Crippen LogP contribution in [0, 0.1) is 5.82 Å². The molecule has 110 valence electrons. The number of aliphatic carboxylic acids is 1. The molecule has 3 rings (SSSR count). The van der Waals surface area contributed by atoms with Gasteiger partial charge in [-0.05, 0) is 37.0 Å². The van der Waals surface area contributed by atoms with Gasteiger partial charge in [-0.2, -0.15) is 0 Å². The number of nitrogens with one attached hydrogen (secondary N) is 1. The molecule has 1 aliphatic carbocycles. The van der Waals surface area contributed by atoms with Crippen molar-refractivity contribution >= 4 is 22.4 Å². The summed E-state index contributed by atoms with van der Waals surface area (Å²) in [6.07, 6.45) is 2.42. The molecule has 0 saturated carbocycles. The zero-order chi connectivity index (χ0) is 14.8. The number of nitrogens with zero attached hydrogens (tertiary/aromatic N) is 1. The number of carboxylic acid groups (broad SMARTS) is 1. The van der Waals surface area contributed by atoms with Crippen LogP contribution in [0.15, 0.2) is 24.3 Å². The molecule has 21 heavy (non-hydrogen) atoms. The van der Waals surface area contributed by atoms with Gasteiger partial charge < -0.3 is 10.4 Å². The van der Waals surface area contributed by atoms with E-state index in [9.17, 15) is 14.3 Å². The van der Waals surface area contributed by atoms with Crippen LogP contribution in [0.5, 0.6) is 0 Å². The highest BCUT2D eigenvalue weighted by atomic mass is 32.1. The molecule has 1 heterocycles. The molecule has 2 aromatic rings. The highest BCUT2D eigenvalue weighted by molar-refractivity contribution is 7.15. The van der Waals surface area contributed by atoms with Crippen LogP contribution < -0.4 is 5.32 Å². The van der Waals surface area contributed by atoms with Crippen molar-refractivity contribution in [1.29, 1.82) is 0 Å². The molecule has 0 bridgehead atoms. The predicted molar refractivity (Wildman–Crippen MR) is 79.2 cm³/mol. The fraction of sp³-hybridized carbons (Fsp3) is 0.333. The lowest BCUT2D eigenvalue weighted by atomic mass is 9.91. The summed E-state index contributed by atoms with van der Waals surface area (Å²) < 4.78 is 13.1. The second kappa shape index (κ2) is 5.81. The molecular formula is C15H15FN2O2S. The molecule has 4 nitrogen and oxygen atoms in total. The molecule has 0 amide bonds. The first-order chi connectivity index (χ1) is 10.1. The Morgan fingerprint density at radius 3 is 3.14 bits per heavy atom. The number of anilines is 1. The van der Waals surface area contributed by atoms with Gasteiger partial charge in [0.05, 0.1) is 5.69 Å². The molecule has 0 aliphatic heterocycles. The molecule has 1 unspecified atom stereocenters. The maximum absolute atomic E-state index is 13.1. The molecule has 6 heteroatoms.